The van der Waals surface area contributed by atoms with E-state index in [0.717, 1.165) is 29.8 Å². The van der Waals surface area contributed by atoms with Crippen LogP contribution in [0.15, 0.2) is 18.3 Å². The summed E-state index contributed by atoms with van der Waals surface area (Å²) in [4.78, 5) is 4.31. The minimum atomic E-state index is 0.491. The molecule has 16 heavy (non-hydrogen) atoms. The number of hydrogen-bond acceptors (Lipinski definition) is 3. The number of fused-ring (bicyclic) bond motifs is 3. The van der Waals surface area contributed by atoms with Crippen molar-refractivity contribution in [1.29, 1.82) is 0 Å². The predicted molar refractivity (Wildman–Crippen MR) is 64.5 cm³/mol. The molecule has 0 saturated carbocycles. The van der Waals surface area contributed by atoms with Crippen molar-refractivity contribution in [2.24, 2.45) is 5.92 Å². The Bertz CT molecular complexity index is 515. The molecule has 1 N–H and O–H groups in total. The summed E-state index contributed by atoms with van der Waals surface area (Å²) in [5, 5.41) is 9.16. The summed E-state index contributed by atoms with van der Waals surface area (Å²) in [6.45, 7) is 5.53. The largest absolute Gasteiger partial charge is 0.370 e. The molecular weight excluding hydrogens is 200 g/mol. The molecule has 2 aromatic heterocycles. The Hall–Kier alpha value is -1.58. The molecule has 3 rings (SSSR count). The number of anilines is 1. The van der Waals surface area contributed by atoms with E-state index in [-0.39, 0.29) is 0 Å². The Morgan fingerprint density at radius 1 is 1.50 bits per heavy atom. The van der Waals surface area contributed by atoms with E-state index >= 15 is 0 Å². The van der Waals surface area contributed by atoms with Crippen molar-refractivity contribution in [3.8, 4) is 0 Å². The Kier molecular flexibility index (Phi) is 2.09. The van der Waals surface area contributed by atoms with Crippen LogP contribution >= 0.6 is 0 Å². The third-order valence-electron chi connectivity index (χ3n) is 3.29. The molecule has 0 aliphatic carbocycles. The fraction of sp³-hybridized carbons (Fsp3) is 0.500. The first-order valence-electron chi connectivity index (χ1n) is 5.84. The summed E-state index contributed by atoms with van der Waals surface area (Å²) in [5.41, 5.74) is 0.845. The van der Waals surface area contributed by atoms with Crippen molar-refractivity contribution in [1.82, 2.24) is 14.8 Å². The van der Waals surface area contributed by atoms with Crippen LogP contribution in [0, 0.1) is 5.92 Å². The maximum atomic E-state index is 4.60. The van der Waals surface area contributed by atoms with Crippen molar-refractivity contribution in [2.45, 2.75) is 26.3 Å². The highest BCUT2D eigenvalue weighted by atomic mass is 15.4. The smallest absolute Gasteiger partial charge is 0.183 e. The summed E-state index contributed by atoms with van der Waals surface area (Å²) >= 11 is 0. The Balaban J connectivity index is 2.21. The molecular formula is C12H16N4. The van der Waals surface area contributed by atoms with E-state index in [2.05, 4.69) is 40.0 Å². The lowest BCUT2D eigenvalue weighted by Gasteiger charge is -2.28. The maximum absolute atomic E-state index is 4.60. The van der Waals surface area contributed by atoms with Crippen molar-refractivity contribution in [2.75, 3.05) is 11.9 Å². The normalized spacial score (nSPS) is 19.8. The van der Waals surface area contributed by atoms with Gasteiger partial charge in [0.15, 0.2) is 5.65 Å². The first-order chi connectivity index (χ1) is 7.77. The molecule has 1 aliphatic rings. The second-order valence-electron chi connectivity index (χ2n) is 4.69. The quantitative estimate of drug-likeness (QED) is 0.796. The number of nitrogens with zero attached hydrogens (tertiary/aromatic N) is 3. The fourth-order valence-corrected chi connectivity index (χ4v) is 2.43. The number of pyridine rings is 1. The highest BCUT2D eigenvalue weighted by molar-refractivity contribution is 5.87. The Labute approximate surface area is 94.7 Å². The summed E-state index contributed by atoms with van der Waals surface area (Å²) in [5.74, 6) is 1.74. The van der Waals surface area contributed by atoms with E-state index in [4.69, 9.17) is 0 Å². The van der Waals surface area contributed by atoms with Crippen molar-refractivity contribution >= 4 is 16.9 Å². The zero-order valence-corrected chi connectivity index (χ0v) is 9.64. The van der Waals surface area contributed by atoms with Gasteiger partial charge in [0.05, 0.1) is 11.4 Å². The van der Waals surface area contributed by atoms with E-state index in [1.54, 1.807) is 6.20 Å². The lowest BCUT2D eigenvalue weighted by molar-refractivity contribution is 0.324. The summed E-state index contributed by atoms with van der Waals surface area (Å²) in [7, 11) is 0. The average Bonchev–Trinajstić information content (AvgIpc) is 2.67. The van der Waals surface area contributed by atoms with E-state index in [9.17, 15) is 0 Å². The standard InChI is InChI=1S/C12H16N4/c1-8(2)10-5-7-14-12-9-4-3-6-13-11(9)15-16(10)12/h3-4,6,8,10,14H,5,7H2,1-2H3. The molecule has 1 unspecified atom stereocenters. The molecule has 0 amide bonds. The van der Waals surface area contributed by atoms with Crippen LogP contribution in [-0.2, 0) is 0 Å². The zero-order valence-electron chi connectivity index (χ0n) is 9.64. The van der Waals surface area contributed by atoms with E-state index < -0.39 is 0 Å². The molecule has 0 spiro atoms. The third kappa shape index (κ3) is 1.29. The molecule has 4 nitrogen and oxygen atoms in total. The Morgan fingerprint density at radius 3 is 3.19 bits per heavy atom. The molecule has 0 radical (unpaired) electrons. The molecule has 0 saturated heterocycles. The van der Waals surface area contributed by atoms with Gasteiger partial charge in [-0.3, -0.25) is 0 Å². The molecule has 4 heteroatoms. The average molecular weight is 216 g/mol. The predicted octanol–water partition coefficient (Wildman–Crippen LogP) is 2.44. The van der Waals surface area contributed by atoms with E-state index in [1.807, 2.05) is 6.07 Å². The van der Waals surface area contributed by atoms with Gasteiger partial charge < -0.3 is 5.32 Å². The molecule has 1 aliphatic heterocycles. The molecule has 3 heterocycles. The van der Waals surface area contributed by atoms with Gasteiger partial charge in [-0.15, -0.1) is 0 Å². The van der Waals surface area contributed by atoms with Crippen LogP contribution in [0.1, 0.15) is 26.3 Å². The van der Waals surface area contributed by atoms with Crippen LogP contribution in [0.5, 0.6) is 0 Å². The van der Waals surface area contributed by atoms with Gasteiger partial charge in [-0.05, 0) is 24.5 Å². The van der Waals surface area contributed by atoms with Gasteiger partial charge in [-0.1, -0.05) is 13.8 Å². The third-order valence-corrected chi connectivity index (χ3v) is 3.29. The lowest BCUT2D eigenvalue weighted by atomic mass is 10.00. The van der Waals surface area contributed by atoms with Crippen LogP contribution in [0.2, 0.25) is 0 Å². The van der Waals surface area contributed by atoms with Crippen LogP contribution in [0.3, 0.4) is 0 Å². The molecule has 1 atom stereocenters. The van der Waals surface area contributed by atoms with E-state index in [1.165, 1.54) is 0 Å². The van der Waals surface area contributed by atoms with Gasteiger partial charge >= 0.3 is 0 Å². The summed E-state index contributed by atoms with van der Waals surface area (Å²) in [6.07, 6.45) is 2.93. The van der Waals surface area contributed by atoms with Gasteiger partial charge in [0.2, 0.25) is 0 Å². The molecule has 0 aromatic carbocycles. The van der Waals surface area contributed by atoms with Crippen molar-refractivity contribution in [3.05, 3.63) is 18.3 Å². The van der Waals surface area contributed by atoms with Crippen LogP contribution in [0.25, 0.3) is 11.0 Å². The molecule has 84 valence electrons. The Morgan fingerprint density at radius 2 is 2.38 bits per heavy atom. The highest BCUT2D eigenvalue weighted by Gasteiger charge is 2.25. The second kappa shape index (κ2) is 3.47. The fourth-order valence-electron chi connectivity index (χ4n) is 2.43. The topological polar surface area (TPSA) is 42.7 Å². The van der Waals surface area contributed by atoms with Crippen LogP contribution < -0.4 is 5.32 Å². The SMILES string of the molecule is CC(C)C1CCNc2c3cccnc3nn21. The number of hydrogen-bond donors (Lipinski definition) is 1. The van der Waals surface area contributed by atoms with E-state index in [0.29, 0.717) is 12.0 Å². The highest BCUT2D eigenvalue weighted by Crippen LogP contribution is 2.33. The summed E-state index contributed by atoms with van der Waals surface area (Å²) in [6, 6.07) is 4.54. The monoisotopic (exact) mass is 216 g/mol. The van der Waals surface area contributed by atoms with Crippen LogP contribution in [-0.4, -0.2) is 21.3 Å². The zero-order chi connectivity index (χ0) is 11.1. The maximum Gasteiger partial charge on any atom is 0.183 e. The van der Waals surface area contributed by atoms with Gasteiger partial charge in [-0.2, -0.15) is 5.10 Å². The molecule has 0 bridgehead atoms. The van der Waals surface area contributed by atoms with Gasteiger partial charge in [0.1, 0.15) is 5.82 Å². The molecule has 2 aromatic rings. The minimum absolute atomic E-state index is 0.491. The van der Waals surface area contributed by atoms with Crippen molar-refractivity contribution < 1.29 is 0 Å². The lowest BCUT2D eigenvalue weighted by Crippen LogP contribution is -2.26. The van der Waals surface area contributed by atoms with Gasteiger partial charge in [0, 0.05) is 12.7 Å². The minimum Gasteiger partial charge on any atom is -0.370 e. The second-order valence-corrected chi connectivity index (χ2v) is 4.69. The number of aromatic nitrogens is 3. The van der Waals surface area contributed by atoms with Gasteiger partial charge in [-0.25, -0.2) is 9.67 Å². The molecule has 0 fully saturated rings. The van der Waals surface area contributed by atoms with Crippen LogP contribution in [0.4, 0.5) is 5.82 Å². The van der Waals surface area contributed by atoms with Gasteiger partial charge in [0.25, 0.3) is 0 Å². The number of nitrogens with one attached hydrogen (secondary N) is 1. The summed E-state index contributed by atoms with van der Waals surface area (Å²) < 4.78 is 2.12. The number of rotatable bonds is 1. The first kappa shape index (κ1) is 9.63. The van der Waals surface area contributed by atoms with Crippen molar-refractivity contribution in [3.63, 3.8) is 0 Å². The first-order valence-corrected chi connectivity index (χ1v) is 5.84.